The lowest BCUT2D eigenvalue weighted by atomic mass is 10.0. The topological polar surface area (TPSA) is 18.5 Å². The van der Waals surface area contributed by atoms with E-state index in [1.165, 1.54) is 16.7 Å². The van der Waals surface area contributed by atoms with Crippen molar-refractivity contribution >= 4 is 0 Å². The van der Waals surface area contributed by atoms with Gasteiger partial charge in [0, 0.05) is 0 Å². The highest BCUT2D eigenvalue weighted by atomic mass is 16.5. The number of methoxy groups -OCH3 is 1. The molecule has 2 aromatic rings. The second-order valence-electron chi connectivity index (χ2n) is 4.14. The number of hydrogen-bond acceptors (Lipinski definition) is 2. The van der Waals surface area contributed by atoms with Gasteiger partial charge in [0.25, 0.3) is 0 Å². The van der Waals surface area contributed by atoms with Crippen molar-refractivity contribution in [1.29, 1.82) is 0 Å². The average Bonchev–Trinajstić information content (AvgIpc) is 2.40. The summed E-state index contributed by atoms with van der Waals surface area (Å²) in [5.74, 6) is 1.80. The normalized spacial score (nSPS) is 10.2. The van der Waals surface area contributed by atoms with Crippen LogP contribution in [-0.4, -0.2) is 13.7 Å². The molecule has 0 bridgehead atoms. The van der Waals surface area contributed by atoms with Crippen LogP contribution < -0.4 is 9.47 Å². The molecule has 2 nitrogen and oxygen atoms in total. The van der Waals surface area contributed by atoms with Crippen molar-refractivity contribution < 1.29 is 9.47 Å². The standard InChI is InChI=1S/C16H18O2/c1-4-18-14-7-5-13(6-8-14)16-10-9-15(17-3)11-12(16)2/h5-11H,4H2,1-3H3. The lowest BCUT2D eigenvalue weighted by Gasteiger charge is -2.09. The molecule has 0 heterocycles. The van der Waals surface area contributed by atoms with Crippen molar-refractivity contribution in [3.05, 3.63) is 48.0 Å². The van der Waals surface area contributed by atoms with Crippen molar-refractivity contribution in [3.8, 4) is 22.6 Å². The Morgan fingerprint density at radius 3 is 2.17 bits per heavy atom. The fourth-order valence-corrected chi connectivity index (χ4v) is 1.98. The highest BCUT2D eigenvalue weighted by Gasteiger charge is 2.03. The highest BCUT2D eigenvalue weighted by molar-refractivity contribution is 5.68. The Kier molecular flexibility index (Phi) is 3.88. The molecule has 0 amide bonds. The summed E-state index contributed by atoms with van der Waals surface area (Å²) in [5.41, 5.74) is 3.62. The van der Waals surface area contributed by atoms with Gasteiger partial charge in [-0.2, -0.15) is 0 Å². The van der Waals surface area contributed by atoms with Crippen LogP contribution in [0.2, 0.25) is 0 Å². The maximum absolute atomic E-state index is 5.44. The van der Waals surface area contributed by atoms with Gasteiger partial charge in [0.1, 0.15) is 11.5 Å². The second kappa shape index (κ2) is 5.58. The van der Waals surface area contributed by atoms with Gasteiger partial charge in [0.05, 0.1) is 13.7 Å². The predicted molar refractivity (Wildman–Crippen MR) is 74.3 cm³/mol. The van der Waals surface area contributed by atoms with Crippen LogP contribution in [0, 0.1) is 6.92 Å². The van der Waals surface area contributed by atoms with Gasteiger partial charge < -0.3 is 9.47 Å². The lowest BCUT2D eigenvalue weighted by molar-refractivity contribution is 0.340. The Morgan fingerprint density at radius 2 is 1.61 bits per heavy atom. The van der Waals surface area contributed by atoms with Crippen molar-refractivity contribution in [1.82, 2.24) is 0 Å². The molecule has 0 aliphatic rings. The molecule has 0 saturated heterocycles. The number of aryl methyl sites for hydroxylation is 1. The SMILES string of the molecule is CCOc1ccc(-c2ccc(OC)cc2C)cc1. The minimum Gasteiger partial charge on any atom is -0.497 e. The third-order valence-corrected chi connectivity index (χ3v) is 2.91. The van der Waals surface area contributed by atoms with Crippen molar-refractivity contribution in [2.45, 2.75) is 13.8 Å². The van der Waals surface area contributed by atoms with E-state index in [4.69, 9.17) is 9.47 Å². The molecule has 0 unspecified atom stereocenters. The second-order valence-corrected chi connectivity index (χ2v) is 4.14. The fraction of sp³-hybridized carbons (Fsp3) is 0.250. The molecule has 0 saturated carbocycles. The molecule has 0 aromatic heterocycles. The van der Waals surface area contributed by atoms with Crippen LogP contribution in [0.3, 0.4) is 0 Å². The summed E-state index contributed by atoms with van der Waals surface area (Å²) in [6.45, 7) is 4.77. The summed E-state index contributed by atoms with van der Waals surface area (Å²) >= 11 is 0. The van der Waals surface area contributed by atoms with E-state index >= 15 is 0 Å². The van der Waals surface area contributed by atoms with Gasteiger partial charge in [0.15, 0.2) is 0 Å². The lowest BCUT2D eigenvalue weighted by Crippen LogP contribution is -1.91. The first-order chi connectivity index (χ1) is 8.74. The third-order valence-electron chi connectivity index (χ3n) is 2.91. The molecule has 2 rings (SSSR count). The van der Waals surface area contributed by atoms with Crippen LogP contribution in [0.5, 0.6) is 11.5 Å². The van der Waals surface area contributed by atoms with Crippen LogP contribution >= 0.6 is 0 Å². The zero-order valence-electron chi connectivity index (χ0n) is 11.1. The summed E-state index contributed by atoms with van der Waals surface area (Å²) in [7, 11) is 1.69. The molecule has 2 aromatic carbocycles. The molecule has 0 atom stereocenters. The summed E-state index contributed by atoms with van der Waals surface area (Å²) in [6.07, 6.45) is 0. The van der Waals surface area contributed by atoms with Gasteiger partial charge in [-0.25, -0.2) is 0 Å². The van der Waals surface area contributed by atoms with Gasteiger partial charge >= 0.3 is 0 Å². The summed E-state index contributed by atoms with van der Waals surface area (Å²) in [6, 6.07) is 14.3. The van der Waals surface area contributed by atoms with Crippen LogP contribution in [0.1, 0.15) is 12.5 Å². The Balaban J connectivity index is 2.30. The van der Waals surface area contributed by atoms with E-state index in [0.29, 0.717) is 6.61 Å². The molecule has 0 radical (unpaired) electrons. The molecule has 0 fully saturated rings. The summed E-state index contributed by atoms with van der Waals surface area (Å²) < 4.78 is 10.7. The quantitative estimate of drug-likeness (QED) is 0.804. The van der Waals surface area contributed by atoms with Crippen LogP contribution in [-0.2, 0) is 0 Å². The van der Waals surface area contributed by atoms with E-state index in [-0.39, 0.29) is 0 Å². The first kappa shape index (κ1) is 12.5. The zero-order valence-corrected chi connectivity index (χ0v) is 11.1. The Hall–Kier alpha value is -1.96. The van der Waals surface area contributed by atoms with Crippen molar-refractivity contribution in [2.24, 2.45) is 0 Å². The van der Waals surface area contributed by atoms with Crippen LogP contribution in [0.25, 0.3) is 11.1 Å². The number of hydrogen-bond donors (Lipinski definition) is 0. The average molecular weight is 242 g/mol. The largest absolute Gasteiger partial charge is 0.497 e. The van der Waals surface area contributed by atoms with Gasteiger partial charge in [-0.3, -0.25) is 0 Å². The van der Waals surface area contributed by atoms with Gasteiger partial charge in [-0.15, -0.1) is 0 Å². The van der Waals surface area contributed by atoms with Crippen molar-refractivity contribution in [2.75, 3.05) is 13.7 Å². The summed E-state index contributed by atoms with van der Waals surface area (Å²) in [4.78, 5) is 0. The third kappa shape index (κ3) is 2.65. The van der Waals surface area contributed by atoms with Gasteiger partial charge in [0.2, 0.25) is 0 Å². The maximum Gasteiger partial charge on any atom is 0.119 e. The molecular weight excluding hydrogens is 224 g/mol. The molecule has 94 valence electrons. The van der Waals surface area contributed by atoms with E-state index in [1.54, 1.807) is 7.11 Å². The van der Waals surface area contributed by atoms with Crippen molar-refractivity contribution in [3.63, 3.8) is 0 Å². The van der Waals surface area contributed by atoms with E-state index < -0.39 is 0 Å². The van der Waals surface area contributed by atoms with E-state index in [9.17, 15) is 0 Å². The van der Waals surface area contributed by atoms with E-state index in [1.807, 2.05) is 31.2 Å². The number of benzene rings is 2. The monoisotopic (exact) mass is 242 g/mol. The molecule has 18 heavy (non-hydrogen) atoms. The first-order valence-corrected chi connectivity index (χ1v) is 6.12. The number of ether oxygens (including phenoxy) is 2. The van der Waals surface area contributed by atoms with Gasteiger partial charge in [-0.1, -0.05) is 18.2 Å². The highest BCUT2D eigenvalue weighted by Crippen LogP contribution is 2.28. The Bertz CT molecular complexity index is 515. The van der Waals surface area contributed by atoms with Crippen LogP contribution in [0.4, 0.5) is 0 Å². The smallest absolute Gasteiger partial charge is 0.119 e. The predicted octanol–water partition coefficient (Wildman–Crippen LogP) is 4.07. The minimum absolute atomic E-state index is 0.695. The zero-order chi connectivity index (χ0) is 13.0. The number of rotatable bonds is 4. The van der Waals surface area contributed by atoms with E-state index in [2.05, 4.69) is 25.1 Å². The first-order valence-electron chi connectivity index (χ1n) is 6.12. The maximum atomic E-state index is 5.44. The minimum atomic E-state index is 0.695. The van der Waals surface area contributed by atoms with E-state index in [0.717, 1.165) is 11.5 Å². The Morgan fingerprint density at radius 1 is 0.944 bits per heavy atom. The molecule has 0 aliphatic heterocycles. The Labute approximate surface area is 108 Å². The summed E-state index contributed by atoms with van der Waals surface area (Å²) in [5, 5.41) is 0. The van der Waals surface area contributed by atoms with Gasteiger partial charge in [-0.05, 0) is 54.8 Å². The molecular formula is C16H18O2. The van der Waals surface area contributed by atoms with Crippen LogP contribution in [0.15, 0.2) is 42.5 Å². The molecule has 0 spiro atoms. The molecule has 0 aliphatic carbocycles. The molecule has 0 N–H and O–H groups in total. The molecule has 2 heteroatoms. The fourth-order valence-electron chi connectivity index (χ4n) is 1.98.